The molecule has 2 aliphatic heterocycles. The van der Waals surface area contributed by atoms with E-state index < -0.39 is 43.4 Å². The molecule has 2 fully saturated rings. The first-order valence-corrected chi connectivity index (χ1v) is 24.9. The third kappa shape index (κ3) is 18.9. The Labute approximate surface area is 409 Å². The number of rotatable bonds is 24. The van der Waals surface area contributed by atoms with Gasteiger partial charge in [-0.25, -0.2) is 19.2 Å². The first-order chi connectivity index (χ1) is 33.4. The maximum absolute atomic E-state index is 12.4. The summed E-state index contributed by atoms with van der Waals surface area (Å²) in [5, 5.41) is 31.0. The van der Waals surface area contributed by atoms with Crippen molar-refractivity contribution in [2.45, 2.75) is 44.3 Å². The zero-order chi connectivity index (χ0) is 48.9. The van der Waals surface area contributed by atoms with Crippen molar-refractivity contribution < 1.29 is 57.9 Å². The van der Waals surface area contributed by atoms with Crippen molar-refractivity contribution in [2.75, 3.05) is 96.9 Å². The lowest BCUT2D eigenvalue weighted by atomic mass is 10.0. The zero-order valence-corrected chi connectivity index (χ0v) is 39.8. The number of hydrogen-bond donors (Lipinski definition) is 6. The molecule has 0 atom stereocenters. The van der Waals surface area contributed by atoms with Gasteiger partial charge in [-0.2, -0.15) is 23.5 Å². The quantitative estimate of drug-likeness (QED) is 0.0233. The van der Waals surface area contributed by atoms with Gasteiger partial charge in [0.25, 0.3) is 0 Å². The summed E-state index contributed by atoms with van der Waals surface area (Å²) in [5.74, 6) is 0.645. The van der Waals surface area contributed by atoms with E-state index in [4.69, 9.17) is 18.9 Å². The molecule has 18 nitrogen and oxygen atoms in total. The molecule has 4 aromatic rings. The van der Waals surface area contributed by atoms with E-state index in [1.165, 1.54) is 0 Å². The summed E-state index contributed by atoms with van der Waals surface area (Å²) >= 11 is 3.27. The molecule has 6 amide bonds. The molecule has 0 aromatic heterocycles. The van der Waals surface area contributed by atoms with Gasteiger partial charge in [-0.05, 0) is 96.5 Å². The molecule has 2 heterocycles. The number of hydrogen-bond acceptors (Lipinski definition) is 14. The van der Waals surface area contributed by atoms with Crippen molar-refractivity contribution in [1.82, 2.24) is 9.80 Å². The third-order valence-electron chi connectivity index (χ3n) is 10.8. The van der Waals surface area contributed by atoms with Crippen LogP contribution in [0.2, 0.25) is 0 Å². The Morgan fingerprint density at radius 3 is 1.07 bits per heavy atom. The second kappa shape index (κ2) is 26.9. The summed E-state index contributed by atoms with van der Waals surface area (Å²) in [6, 6.07) is 28.6. The molecule has 0 unspecified atom stereocenters. The fraction of sp³-hybridized carbons (Fsp3) is 0.388. The van der Waals surface area contributed by atoms with Crippen LogP contribution in [0, 0.1) is 0 Å². The SMILES string of the molecule is O=C(Nc1ccc(Cc2ccc(NC(=O)OCC(O)(O)COC(=O)Nc3ccc(Cc4ccc(NC(=O)OCCSCCN5CCCC5=O)cc4)cc3)cc2)cc1)OCCSCCN1CCCC1=O. The molecule has 0 aliphatic carbocycles. The number of ether oxygens (including phenoxy) is 4. The van der Waals surface area contributed by atoms with E-state index in [9.17, 15) is 39.0 Å². The summed E-state index contributed by atoms with van der Waals surface area (Å²) in [7, 11) is 0. The second-order valence-electron chi connectivity index (χ2n) is 16.2. The van der Waals surface area contributed by atoms with Crippen molar-refractivity contribution in [3.05, 3.63) is 119 Å². The average Bonchev–Trinajstić information content (AvgIpc) is 3.95. The van der Waals surface area contributed by atoms with Crippen LogP contribution in [0.3, 0.4) is 0 Å². The maximum Gasteiger partial charge on any atom is 0.411 e. The molecule has 2 saturated heterocycles. The molecule has 6 rings (SSSR count). The van der Waals surface area contributed by atoms with Gasteiger partial charge in [-0.1, -0.05) is 48.5 Å². The largest absolute Gasteiger partial charge is 0.448 e. The highest BCUT2D eigenvalue weighted by atomic mass is 32.2. The second-order valence-corrected chi connectivity index (χ2v) is 18.7. The van der Waals surface area contributed by atoms with Crippen LogP contribution in [0.1, 0.15) is 47.9 Å². The lowest BCUT2D eigenvalue weighted by Gasteiger charge is -2.21. The van der Waals surface area contributed by atoms with Crippen molar-refractivity contribution in [3.8, 4) is 0 Å². The summed E-state index contributed by atoms with van der Waals surface area (Å²) < 4.78 is 20.5. The number of thioether (sulfide) groups is 2. The highest BCUT2D eigenvalue weighted by Gasteiger charge is 2.28. The Hall–Kier alpha value is -6.48. The molecule has 0 radical (unpaired) electrons. The minimum atomic E-state index is -2.66. The molecule has 4 aromatic carbocycles. The number of likely N-dealkylation sites (tertiary alicyclic amines) is 2. The van der Waals surface area contributed by atoms with Crippen LogP contribution in [-0.2, 0) is 41.4 Å². The molecule has 368 valence electrons. The van der Waals surface area contributed by atoms with Crippen LogP contribution >= 0.6 is 23.5 Å². The number of carbonyl (C=O) groups excluding carboxylic acids is 6. The molecule has 0 saturated carbocycles. The summed E-state index contributed by atoms with van der Waals surface area (Å²) in [6.45, 7) is 1.85. The average molecular weight is 987 g/mol. The standard InChI is InChI=1S/C49H58N6O12S2/c56-43-3-1-21-54(43)23-27-68-29-25-64-45(58)50-39-13-5-35(6-14-39)31-37-9-17-41(18-10-37)52-47(60)66-33-49(62,63)34-67-48(61)53-42-19-11-38(12-20-42)32-36-7-15-40(16-8-36)51-46(59)65-26-30-69-28-24-55-22-2-4-44(55)57/h5-20,62-63H,1-4,21-34H2,(H,50,58)(H,51,59)(H,52,60)(H,53,61). The Kier molecular flexibility index (Phi) is 20.2. The van der Waals surface area contributed by atoms with E-state index in [1.807, 2.05) is 58.3 Å². The molecule has 0 bridgehead atoms. The van der Waals surface area contributed by atoms with Crippen LogP contribution in [0.4, 0.5) is 41.9 Å². The number of aliphatic hydroxyl groups is 2. The zero-order valence-electron chi connectivity index (χ0n) is 38.2. The molecule has 2 aliphatic rings. The summed E-state index contributed by atoms with van der Waals surface area (Å²) in [4.78, 5) is 76.3. The van der Waals surface area contributed by atoms with E-state index in [0.29, 0.717) is 59.9 Å². The normalized spacial score (nSPS) is 13.5. The number of nitrogens with zero attached hydrogens (tertiary/aromatic N) is 2. The van der Waals surface area contributed by atoms with Gasteiger partial charge in [0.2, 0.25) is 17.6 Å². The number of nitrogens with one attached hydrogen (secondary N) is 4. The predicted octanol–water partition coefficient (Wildman–Crippen LogP) is 7.15. The minimum Gasteiger partial charge on any atom is -0.448 e. The lowest BCUT2D eigenvalue weighted by Crippen LogP contribution is -2.41. The smallest absolute Gasteiger partial charge is 0.411 e. The maximum atomic E-state index is 12.4. The van der Waals surface area contributed by atoms with Crippen molar-refractivity contribution in [3.63, 3.8) is 0 Å². The van der Waals surface area contributed by atoms with E-state index in [1.54, 1.807) is 72.1 Å². The molecule has 20 heteroatoms. The van der Waals surface area contributed by atoms with Gasteiger partial charge in [0.05, 0.1) is 0 Å². The van der Waals surface area contributed by atoms with Crippen LogP contribution < -0.4 is 21.3 Å². The number of amides is 6. The summed E-state index contributed by atoms with van der Waals surface area (Å²) in [6.07, 6.45) is 1.28. The fourth-order valence-electron chi connectivity index (χ4n) is 7.14. The van der Waals surface area contributed by atoms with Crippen LogP contribution in [0.5, 0.6) is 0 Å². The van der Waals surface area contributed by atoms with Gasteiger partial charge < -0.3 is 39.0 Å². The van der Waals surface area contributed by atoms with Crippen molar-refractivity contribution >= 4 is 82.5 Å². The highest BCUT2D eigenvalue weighted by molar-refractivity contribution is 7.99. The number of anilines is 4. The van der Waals surface area contributed by atoms with Crippen LogP contribution in [-0.4, -0.2) is 138 Å². The van der Waals surface area contributed by atoms with Gasteiger partial charge in [0, 0.05) is 84.8 Å². The molecular formula is C49H58N6O12S2. The van der Waals surface area contributed by atoms with Crippen molar-refractivity contribution in [1.29, 1.82) is 0 Å². The van der Waals surface area contributed by atoms with Crippen LogP contribution in [0.25, 0.3) is 0 Å². The van der Waals surface area contributed by atoms with Gasteiger partial charge in [0.15, 0.2) is 13.2 Å². The lowest BCUT2D eigenvalue weighted by molar-refractivity contribution is -0.206. The fourth-order valence-corrected chi connectivity index (χ4v) is 8.65. The molecule has 0 spiro atoms. The monoisotopic (exact) mass is 986 g/mol. The van der Waals surface area contributed by atoms with Gasteiger partial charge in [0.1, 0.15) is 13.2 Å². The topological polar surface area (TPSA) is 234 Å². The Bertz CT molecular complexity index is 2160. The Balaban J connectivity index is 0.799. The van der Waals surface area contributed by atoms with E-state index in [0.717, 1.165) is 72.8 Å². The third-order valence-corrected chi connectivity index (χ3v) is 12.6. The van der Waals surface area contributed by atoms with Gasteiger partial charge >= 0.3 is 24.4 Å². The highest BCUT2D eigenvalue weighted by Crippen LogP contribution is 2.20. The Morgan fingerprint density at radius 2 is 0.783 bits per heavy atom. The van der Waals surface area contributed by atoms with Crippen molar-refractivity contribution in [2.24, 2.45) is 0 Å². The predicted molar refractivity (Wildman–Crippen MR) is 265 cm³/mol. The van der Waals surface area contributed by atoms with E-state index in [2.05, 4.69) is 21.3 Å². The van der Waals surface area contributed by atoms with Gasteiger partial charge in [-0.15, -0.1) is 0 Å². The molecule has 69 heavy (non-hydrogen) atoms. The molecular weight excluding hydrogens is 929 g/mol. The first-order valence-electron chi connectivity index (χ1n) is 22.6. The molecule has 6 N–H and O–H groups in total. The van der Waals surface area contributed by atoms with E-state index in [-0.39, 0.29) is 25.0 Å². The van der Waals surface area contributed by atoms with Crippen LogP contribution in [0.15, 0.2) is 97.1 Å². The number of carbonyl (C=O) groups is 6. The Morgan fingerprint density at radius 1 is 0.478 bits per heavy atom. The summed E-state index contributed by atoms with van der Waals surface area (Å²) in [5.41, 5.74) is 5.85. The van der Waals surface area contributed by atoms with E-state index >= 15 is 0 Å². The number of benzene rings is 4. The minimum absolute atomic E-state index is 0.207. The van der Waals surface area contributed by atoms with Gasteiger partial charge in [-0.3, -0.25) is 30.9 Å². The first kappa shape index (κ1) is 51.9.